The molecule has 0 saturated carbocycles. The molecule has 0 unspecified atom stereocenters. The first kappa shape index (κ1) is 5.24. The van der Waals surface area contributed by atoms with Crippen LogP contribution in [0.4, 0.5) is 0 Å². The van der Waals surface area contributed by atoms with E-state index >= 15 is 0 Å². The summed E-state index contributed by atoms with van der Waals surface area (Å²) in [6.07, 6.45) is 8.23. The summed E-state index contributed by atoms with van der Waals surface area (Å²) in [7, 11) is 0. The Hall–Kier alpha value is -0.560. The van der Waals surface area contributed by atoms with E-state index in [0.29, 0.717) is 12.2 Å². The van der Waals surface area contributed by atoms with Gasteiger partial charge in [-0.15, -0.1) is 0 Å². The van der Waals surface area contributed by atoms with Gasteiger partial charge in [-0.05, 0) is 13.3 Å². The van der Waals surface area contributed by atoms with Crippen molar-refractivity contribution in [2.45, 2.75) is 25.6 Å². The number of hydrogen-bond acceptors (Lipinski definition) is 1. The molecule has 2 atom stereocenters. The van der Waals surface area contributed by atoms with Crippen molar-refractivity contribution in [3.8, 4) is 0 Å². The molecule has 0 aliphatic carbocycles. The summed E-state index contributed by atoms with van der Waals surface area (Å²) in [6.45, 7) is 2.16. The molecule has 0 amide bonds. The van der Waals surface area contributed by atoms with Crippen molar-refractivity contribution in [3.05, 3.63) is 23.8 Å². The molecule has 0 aromatic rings. The fourth-order valence-electron chi connectivity index (χ4n) is 1.40. The molecule has 0 N–H and O–H groups in total. The van der Waals surface area contributed by atoms with E-state index in [0.717, 1.165) is 6.42 Å². The summed E-state index contributed by atoms with van der Waals surface area (Å²) in [5.41, 5.74) is 1.46. The van der Waals surface area contributed by atoms with Gasteiger partial charge in [0, 0.05) is 0 Å². The van der Waals surface area contributed by atoms with E-state index in [-0.39, 0.29) is 0 Å². The summed E-state index contributed by atoms with van der Waals surface area (Å²) < 4.78 is 5.48. The highest BCUT2D eigenvalue weighted by atomic mass is 16.5. The highest BCUT2D eigenvalue weighted by Gasteiger charge is 2.21. The maximum Gasteiger partial charge on any atom is 0.0949 e. The van der Waals surface area contributed by atoms with E-state index < -0.39 is 0 Å². The lowest BCUT2D eigenvalue weighted by molar-refractivity contribution is 0.0765. The van der Waals surface area contributed by atoms with Crippen LogP contribution in [0.3, 0.4) is 0 Å². The Morgan fingerprint density at radius 1 is 1.56 bits per heavy atom. The normalized spacial score (nSPS) is 39.0. The second-order valence-corrected chi connectivity index (χ2v) is 2.74. The van der Waals surface area contributed by atoms with Gasteiger partial charge in [0.1, 0.15) is 0 Å². The maximum atomic E-state index is 5.48. The molecule has 48 valence electrons. The molecule has 0 fully saturated rings. The zero-order chi connectivity index (χ0) is 6.27. The summed E-state index contributed by atoms with van der Waals surface area (Å²) in [5.74, 6) is 0. The zero-order valence-electron chi connectivity index (χ0n) is 5.50. The van der Waals surface area contributed by atoms with Gasteiger partial charge >= 0.3 is 0 Å². The fraction of sp³-hybridized carbons (Fsp3) is 0.500. The molecule has 2 aliphatic rings. The number of rotatable bonds is 0. The Morgan fingerprint density at radius 3 is 3.22 bits per heavy atom. The topological polar surface area (TPSA) is 9.23 Å². The molecule has 0 saturated heterocycles. The van der Waals surface area contributed by atoms with Gasteiger partial charge in [0.15, 0.2) is 0 Å². The Bertz CT molecular complexity index is 179. The largest absolute Gasteiger partial charge is 0.362 e. The van der Waals surface area contributed by atoms with Crippen molar-refractivity contribution in [2.75, 3.05) is 0 Å². The first-order valence-corrected chi connectivity index (χ1v) is 3.36. The van der Waals surface area contributed by atoms with Crippen LogP contribution in [0.1, 0.15) is 13.3 Å². The second kappa shape index (κ2) is 1.71. The third-order valence-electron chi connectivity index (χ3n) is 1.82. The highest BCUT2D eigenvalue weighted by molar-refractivity contribution is 5.21. The minimum Gasteiger partial charge on any atom is -0.362 e. The third-order valence-corrected chi connectivity index (χ3v) is 1.82. The van der Waals surface area contributed by atoms with Crippen molar-refractivity contribution < 1.29 is 4.74 Å². The van der Waals surface area contributed by atoms with E-state index in [9.17, 15) is 0 Å². The summed E-state index contributed by atoms with van der Waals surface area (Å²) in [6, 6.07) is 0. The van der Waals surface area contributed by atoms with Crippen molar-refractivity contribution in [2.24, 2.45) is 0 Å². The third kappa shape index (κ3) is 0.815. The quantitative estimate of drug-likeness (QED) is 0.444. The Labute approximate surface area is 55.0 Å². The van der Waals surface area contributed by atoms with Crippen molar-refractivity contribution in [1.82, 2.24) is 0 Å². The minimum atomic E-state index is 0.295. The van der Waals surface area contributed by atoms with Crippen molar-refractivity contribution in [3.63, 3.8) is 0 Å². The summed E-state index contributed by atoms with van der Waals surface area (Å²) in [4.78, 5) is 0. The summed E-state index contributed by atoms with van der Waals surface area (Å²) in [5, 5.41) is 0. The Morgan fingerprint density at radius 2 is 2.44 bits per heavy atom. The van der Waals surface area contributed by atoms with Crippen LogP contribution in [0.25, 0.3) is 0 Å². The van der Waals surface area contributed by atoms with Gasteiger partial charge in [-0.25, -0.2) is 0 Å². The molecule has 0 spiro atoms. The lowest BCUT2D eigenvalue weighted by Crippen LogP contribution is -2.15. The van der Waals surface area contributed by atoms with Crippen LogP contribution in [0, 0.1) is 0 Å². The van der Waals surface area contributed by atoms with Crippen LogP contribution in [-0.4, -0.2) is 12.2 Å². The van der Waals surface area contributed by atoms with Gasteiger partial charge in [0.25, 0.3) is 0 Å². The lowest BCUT2D eigenvalue weighted by Gasteiger charge is -2.17. The van der Waals surface area contributed by atoms with Crippen molar-refractivity contribution >= 4 is 0 Å². The maximum absolute atomic E-state index is 5.48. The predicted octanol–water partition coefficient (Wildman–Crippen LogP) is 1.66. The SMILES string of the molecule is CC1=C[C@H]2C=C[C@@H](C1)O2. The molecule has 0 aromatic heterocycles. The molecule has 0 radical (unpaired) electrons. The lowest BCUT2D eigenvalue weighted by atomic mass is 10.1. The van der Waals surface area contributed by atoms with E-state index in [1.807, 2.05) is 0 Å². The smallest absolute Gasteiger partial charge is 0.0949 e. The average Bonchev–Trinajstić information content (AvgIpc) is 2.11. The van der Waals surface area contributed by atoms with E-state index in [1.165, 1.54) is 5.57 Å². The molecule has 9 heavy (non-hydrogen) atoms. The van der Waals surface area contributed by atoms with Crippen LogP contribution in [0.2, 0.25) is 0 Å². The fourth-order valence-corrected chi connectivity index (χ4v) is 1.40. The van der Waals surface area contributed by atoms with Gasteiger partial charge < -0.3 is 4.74 Å². The number of ether oxygens (including phenoxy) is 1. The standard InChI is InChI=1S/C8H10O/c1-6-4-7-2-3-8(5-6)9-7/h2-4,7-8H,5H2,1H3/t7-,8+/m1/s1. The zero-order valence-corrected chi connectivity index (χ0v) is 5.50. The molecule has 1 heteroatoms. The minimum absolute atomic E-state index is 0.295. The molecular weight excluding hydrogens is 112 g/mol. The first-order chi connectivity index (χ1) is 4.34. The molecule has 0 aromatic carbocycles. The average molecular weight is 122 g/mol. The van der Waals surface area contributed by atoms with Crippen molar-refractivity contribution in [1.29, 1.82) is 0 Å². The van der Waals surface area contributed by atoms with Crippen LogP contribution in [0.5, 0.6) is 0 Å². The number of hydrogen-bond donors (Lipinski definition) is 0. The van der Waals surface area contributed by atoms with Crippen LogP contribution < -0.4 is 0 Å². The molecule has 2 heterocycles. The first-order valence-electron chi connectivity index (χ1n) is 3.36. The predicted molar refractivity (Wildman–Crippen MR) is 36.2 cm³/mol. The van der Waals surface area contributed by atoms with Crippen LogP contribution in [-0.2, 0) is 4.74 Å². The van der Waals surface area contributed by atoms with E-state index in [1.54, 1.807) is 0 Å². The van der Waals surface area contributed by atoms with Gasteiger partial charge in [-0.1, -0.05) is 23.8 Å². The van der Waals surface area contributed by atoms with Gasteiger partial charge in [-0.3, -0.25) is 0 Å². The van der Waals surface area contributed by atoms with E-state index in [4.69, 9.17) is 4.74 Å². The van der Waals surface area contributed by atoms with Crippen LogP contribution >= 0.6 is 0 Å². The molecule has 2 rings (SSSR count). The summed E-state index contributed by atoms with van der Waals surface area (Å²) >= 11 is 0. The Balaban J connectivity index is 2.27. The molecular formula is C8H10O. The monoisotopic (exact) mass is 122 g/mol. The van der Waals surface area contributed by atoms with Gasteiger partial charge in [0.05, 0.1) is 12.2 Å². The molecule has 1 nitrogen and oxygen atoms in total. The molecule has 2 bridgehead atoms. The van der Waals surface area contributed by atoms with Gasteiger partial charge in [0.2, 0.25) is 0 Å². The number of fused-ring (bicyclic) bond motifs is 2. The second-order valence-electron chi connectivity index (χ2n) is 2.74. The van der Waals surface area contributed by atoms with E-state index in [2.05, 4.69) is 25.2 Å². The molecule has 2 aliphatic heterocycles. The Kier molecular flexibility index (Phi) is 0.995. The van der Waals surface area contributed by atoms with Gasteiger partial charge in [-0.2, -0.15) is 0 Å². The van der Waals surface area contributed by atoms with Crippen LogP contribution in [0.15, 0.2) is 23.8 Å². The highest BCUT2D eigenvalue weighted by Crippen LogP contribution is 2.25.